The quantitative estimate of drug-likeness (QED) is 0.561. The molecule has 0 rings (SSSR count). The third kappa shape index (κ3) is 3.45. The molecule has 0 aliphatic heterocycles. The van der Waals surface area contributed by atoms with Crippen molar-refractivity contribution in [2.75, 3.05) is 5.75 Å². The molecular formula is C4H3FN2S. The van der Waals surface area contributed by atoms with Crippen LogP contribution in [0.2, 0.25) is 0 Å². The zero-order valence-electron chi connectivity index (χ0n) is 3.97. The third-order valence-electron chi connectivity index (χ3n) is 0.396. The highest BCUT2D eigenvalue weighted by atomic mass is 32.2. The Morgan fingerprint density at radius 1 is 1.62 bits per heavy atom. The van der Waals surface area contributed by atoms with Gasteiger partial charge in [-0.05, 0) is 0 Å². The average Bonchev–Trinajstić information content (AvgIpc) is 1.83. The van der Waals surface area contributed by atoms with Gasteiger partial charge in [0.15, 0.2) is 0 Å². The molecule has 0 aliphatic carbocycles. The summed E-state index contributed by atoms with van der Waals surface area (Å²) in [5, 5.41) is 15.7. The molecule has 0 aromatic heterocycles. The van der Waals surface area contributed by atoms with Gasteiger partial charge in [0.05, 0.1) is 11.8 Å². The van der Waals surface area contributed by atoms with Crippen molar-refractivity contribution < 1.29 is 4.39 Å². The van der Waals surface area contributed by atoms with Crippen molar-refractivity contribution in [3.63, 3.8) is 0 Å². The molecule has 1 atom stereocenters. The molecule has 0 amide bonds. The molecule has 4 heteroatoms. The maximum Gasteiger partial charge on any atom is 0.232 e. The number of nitriles is 2. The number of rotatable bonds is 2. The standard InChI is InChI=1S/C4H3FN2S/c5-4(3-7)8-2-1-6/h4H,2H2. The second kappa shape index (κ2) is 4.42. The summed E-state index contributed by atoms with van der Waals surface area (Å²) in [5.74, 6) is 0.0364. The topological polar surface area (TPSA) is 47.6 Å². The predicted octanol–water partition coefficient (Wildman–Crippen LogP) is 1.06. The minimum absolute atomic E-state index is 0.0364. The number of halogens is 1. The molecular weight excluding hydrogens is 127 g/mol. The number of hydrogen-bond donors (Lipinski definition) is 0. The minimum Gasteiger partial charge on any atom is -0.219 e. The predicted molar refractivity (Wildman–Crippen MR) is 28.6 cm³/mol. The normalized spacial score (nSPS) is 11.4. The van der Waals surface area contributed by atoms with Gasteiger partial charge in [-0.2, -0.15) is 10.5 Å². The molecule has 0 heterocycles. The van der Waals surface area contributed by atoms with Gasteiger partial charge < -0.3 is 0 Å². The molecule has 0 spiro atoms. The summed E-state index contributed by atoms with van der Waals surface area (Å²) in [4.78, 5) is 0. The van der Waals surface area contributed by atoms with E-state index in [1.165, 1.54) is 6.07 Å². The van der Waals surface area contributed by atoms with Crippen LogP contribution in [-0.2, 0) is 0 Å². The molecule has 0 fully saturated rings. The van der Waals surface area contributed by atoms with Crippen LogP contribution < -0.4 is 0 Å². The first-order valence-corrected chi connectivity index (χ1v) is 2.88. The van der Waals surface area contributed by atoms with E-state index in [1.807, 2.05) is 0 Å². The summed E-state index contributed by atoms with van der Waals surface area (Å²) in [6.45, 7) is 0. The SMILES string of the molecule is N#CCSC(F)C#N. The van der Waals surface area contributed by atoms with E-state index in [1.54, 1.807) is 6.07 Å². The summed E-state index contributed by atoms with van der Waals surface area (Å²) in [7, 11) is 0. The van der Waals surface area contributed by atoms with Gasteiger partial charge in [-0.15, -0.1) is 0 Å². The summed E-state index contributed by atoms with van der Waals surface area (Å²) in [5.41, 5.74) is -1.55. The lowest BCUT2D eigenvalue weighted by Gasteiger charge is -1.87. The van der Waals surface area contributed by atoms with Crippen LogP contribution in [0.5, 0.6) is 0 Å². The van der Waals surface area contributed by atoms with Crippen LogP contribution in [0.15, 0.2) is 0 Å². The Labute approximate surface area is 50.9 Å². The van der Waals surface area contributed by atoms with Crippen LogP contribution in [0.1, 0.15) is 0 Å². The number of hydrogen-bond acceptors (Lipinski definition) is 3. The van der Waals surface area contributed by atoms with Crippen LogP contribution in [-0.4, -0.2) is 11.3 Å². The highest BCUT2D eigenvalue weighted by molar-refractivity contribution is 8.00. The van der Waals surface area contributed by atoms with Crippen molar-refractivity contribution in [3.05, 3.63) is 0 Å². The van der Waals surface area contributed by atoms with Gasteiger partial charge in [0, 0.05) is 0 Å². The van der Waals surface area contributed by atoms with Gasteiger partial charge in [0.25, 0.3) is 0 Å². The molecule has 0 bridgehead atoms. The van der Waals surface area contributed by atoms with Crippen molar-refractivity contribution in [1.29, 1.82) is 10.5 Å². The Morgan fingerprint density at radius 2 is 2.25 bits per heavy atom. The van der Waals surface area contributed by atoms with Crippen LogP contribution in [0, 0.1) is 22.7 Å². The number of alkyl halides is 1. The smallest absolute Gasteiger partial charge is 0.219 e. The second-order valence-electron chi connectivity index (χ2n) is 0.914. The van der Waals surface area contributed by atoms with Crippen molar-refractivity contribution in [2.24, 2.45) is 0 Å². The fourth-order valence-electron chi connectivity index (χ4n) is 0.148. The third-order valence-corrected chi connectivity index (χ3v) is 1.09. The Morgan fingerprint density at radius 3 is 2.62 bits per heavy atom. The van der Waals surface area contributed by atoms with E-state index in [2.05, 4.69) is 0 Å². The molecule has 0 saturated carbocycles. The Bertz CT molecular complexity index is 134. The van der Waals surface area contributed by atoms with Gasteiger partial charge in [-0.3, -0.25) is 0 Å². The van der Waals surface area contributed by atoms with Gasteiger partial charge in [0.2, 0.25) is 5.50 Å². The lowest BCUT2D eigenvalue weighted by Crippen LogP contribution is -1.87. The first-order chi connectivity index (χ1) is 3.81. The van der Waals surface area contributed by atoms with E-state index >= 15 is 0 Å². The molecule has 0 aromatic rings. The van der Waals surface area contributed by atoms with E-state index < -0.39 is 5.50 Å². The van der Waals surface area contributed by atoms with Crippen LogP contribution >= 0.6 is 11.8 Å². The lowest BCUT2D eigenvalue weighted by atomic mass is 10.9. The lowest BCUT2D eigenvalue weighted by molar-refractivity contribution is 0.529. The molecule has 8 heavy (non-hydrogen) atoms. The van der Waals surface area contributed by atoms with Crippen molar-refractivity contribution in [2.45, 2.75) is 5.50 Å². The van der Waals surface area contributed by atoms with Crippen LogP contribution in [0.4, 0.5) is 4.39 Å². The Kier molecular flexibility index (Phi) is 4.01. The van der Waals surface area contributed by atoms with Crippen molar-refractivity contribution in [1.82, 2.24) is 0 Å². The monoisotopic (exact) mass is 130 g/mol. The number of thioether (sulfide) groups is 1. The van der Waals surface area contributed by atoms with Crippen molar-refractivity contribution in [3.8, 4) is 12.1 Å². The molecule has 42 valence electrons. The molecule has 2 nitrogen and oxygen atoms in total. The van der Waals surface area contributed by atoms with Crippen LogP contribution in [0.25, 0.3) is 0 Å². The van der Waals surface area contributed by atoms with E-state index in [4.69, 9.17) is 10.5 Å². The summed E-state index contributed by atoms with van der Waals surface area (Å²) >= 11 is 0.687. The first kappa shape index (κ1) is 7.26. The largest absolute Gasteiger partial charge is 0.232 e. The zero-order chi connectivity index (χ0) is 6.41. The molecule has 0 saturated heterocycles. The van der Waals surface area contributed by atoms with Gasteiger partial charge in [-0.25, -0.2) is 4.39 Å². The van der Waals surface area contributed by atoms with E-state index in [9.17, 15) is 4.39 Å². The Hall–Kier alpha value is -0.740. The summed E-state index contributed by atoms with van der Waals surface area (Å²) in [6.07, 6.45) is 0. The number of nitrogens with zero attached hydrogens (tertiary/aromatic N) is 2. The van der Waals surface area contributed by atoms with Crippen LogP contribution in [0.3, 0.4) is 0 Å². The fraction of sp³-hybridized carbons (Fsp3) is 0.500. The summed E-state index contributed by atoms with van der Waals surface area (Å²) in [6, 6.07) is 3.05. The molecule has 0 aromatic carbocycles. The van der Waals surface area contributed by atoms with Crippen molar-refractivity contribution >= 4 is 11.8 Å². The molecule has 0 radical (unpaired) electrons. The van der Waals surface area contributed by atoms with Gasteiger partial charge in [-0.1, -0.05) is 11.8 Å². The maximum absolute atomic E-state index is 11.8. The minimum atomic E-state index is -1.55. The van der Waals surface area contributed by atoms with E-state index in [0.717, 1.165) is 0 Å². The molecule has 0 aliphatic rings. The maximum atomic E-state index is 11.8. The average molecular weight is 130 g/mol. The fourth-order valence-corrected chi connectivity index (χ4v) is 0.443. The molecule has 1 unspecified atom stereocenters. The Balaban J connectivity index is 3.18. The highest BCUT2D eigenvalue weighted by Crippen LogP contribution is 2.08. The zero-order valence-corrected chi connectivity index (χ0v) is 4.78. The first-order valence-electron chi connectivity index (χ1n) is 1.83. The van der Waals surface area contributed by atoms with Gasteiger partial charge in [0.1, 0.15) is 6.07 Å². The highest BCUT2D eigenvalue weighted by Gasteiger charge is 2.00. The second-order valence-corrected chi connectivity index (χ2v) is 1.95. The van der Waals surface area contributed by atoms with E-state index in [0.29, 0.717) is 11.8 Å². The molecule has 0 N–H and O–H groups in total. The van der Waals surface area contributed by atoms with Gasteiger partial charge >= 0.3 is 0 Å². The van der Waals surface area contributed by atoms with E-state index in [-0.39, 0.29) is 5.75 Å². The summed E-state index contributed by atoms with van der Waals surface area (Å²) < 4.78 is 11.8.